The summed E-state index contributed by atoms with van der Waals surface area (Å²) in [6.45, 7) is 0. The number of halogens is 2. The van der Waals surface area contributed by atoms with Crippen LogP contribution in [0.5, 0.6) is 0 Å². The summed E-state index contributed by atoms with van der Waals surface area (Å²) >= 11 is 10.9. The molecule has 1 nitrogen and oxygen atoms in total. The summed E-state index contributed by atoms with van der Waals surface area (Å²) in [5.74, 6) is 0.440. The molecule has 0 bridgehead atoms. The highest BCUT2D eigenvalue weighted by molar-refractivity contribution is 9.10. The largest absolute Gasteiger partial charge is 0.192 e. The van der Waals surface area contributed by atoms with E-state index in [9.17, 15) is 0 Å². The maximum atomic E-state index is 8.93. The minimum Gasteiger partial charge on any atom is -0.192 e. The van der Waals surface area contributed by atoms with E-state index < -0.39 is 0 Å². The van der Waals surface area contributed by atoms with Crippen molar-refractivity contribution in [1.82, 2.24) is 0 Å². The lowest BCUT2D eigenvalue weighted by Crippen LogP contribution is -1.81. The first-order chi connectivity index (χ1) is 6.77. The van der Waals surface area contributed by atoms with Gasteiger partial charge in [0.25, 0.3) is 0 Å². The molecule has 0 N–H and O–H groups in total. The zero-order chi connectivity index (χ0) is 10.1. The molecule has 0 saturated heterocycles. The molecule has 0 unspecified atom stereocenters. The zero-order valence-corrected chi connectivity index (χ0v) is 10.2. The molecule has 0 fully saturated rings. The monoisotopic (exact) mass is 285 g/mol. The molecular formula is C10H5BrClNS. The van der Waals surface area contributed by atoms with Crippen LogP contribution in [0, 0.1) is 11.3 Å². The summed E-state index contributed by atoms with van der Waals surface area (Å²) in [4.78, 5) is 0. The molecule has 0 aliphatic rings. The Morgan fingerprint density at radius 3 is 2.93 bits per heavy atom. The van der Waals surface area contributed by atoms with E-state index >= 15 is 0 Å². The smallest absolute Gasteiger partial charge is 0.101 e. The van der Waals surface area contributed by atoms with E-state index in [4.69, 9.17) is 16.9 Å². The Morgan fingerprint density at radius 1 is 1.50 bits per heavy atom. The van der Waals surface area contributed by atoms with Gasteiger partial charge in [-0.25, -0.2) is 0 Å². The summed E-state index contributed by atoms with van der Waals surface area (Å²) in [6.07, 6.45) is 0. The van der Waals surface area contributed by atoms with Gasteiger partial charge in [-0.3, -0.25) is 0 Å². The van der Waals surface area contributed by atoms with E-state index in [1.54, 1.807) is 11.3 Å². The third-order valence-corrected chi connectivity index (χ3v) is 4.25. The summed E-state index contributed by atoms with van der Waals surface area (Å²) in [6, 6.07) is 6.10. The third-order valence-electron chi connectivity index (χ3n) is 2.02. The van der Waals surface area contributed by atoms with Crippen LogP contribution in [0.4, 0.5) is 0 Å². The quantitative estimate of drug-likeness (QED) is 0.718. The number of thiophene rings is 1. The van der Waals surface area contributed by atoms with Crippen molar-refractivity contribution in [1.29, 1.82) is 5.26 Å². The predicted molar refractivity (Wildman–Crippen MR) is 63.8 cm³/mol. The molecule has 2 rings (SSSR count). The molecule has 14 heavy (non-hydrogen) atoms. The van der Waals surface area contributed by atoms with E-state index in [2.05, 4.69) is 22.0 Å². The molecule has 1 aromatic heterocycles. The van der Waals surface area contributed by atoms with Crippen molar-refractivity contribution in [3.63, 3.8) is 0 Å². The van der Waals surface area contributed by atoms with Crippen LogP contribution in [0.1, 0.15) is 11.1 Å². The number of alkyl halides is 1. The van der Waals surface area contributed by atoms with Gasteiger partial charge in [0.05, 0.1) is 10.3 Å². The van der Waals surface area contributed by atoms with E-state index in [1.165, 1.54) is 0 Å². The van der Waals surface area contributed by atoms with Gasteiger partial charge in [0.2, 0.25) is 0 Å². The van der Waals surface area contributed by atoms with Crippen molar-refractivity contribution < 1.29 is 0 Å². The molecule has 0 radical (unpaired) electrons. The van der Waals surface area contributed by atoms with Gasteiger partial charge in [-0.2, -0.15) is 5.26 Å². The number of nitriles is 1. The number of fused-ring (bicyclic) bond motifs is 1. The van der Waals surface area contributed by atoms with E-state index in [1.807, 2.05) is 17.5 Å². The van der Waals surface area contributed by atoms with E-state index in [0.717, 1.165) is 20.1 Å². The van der Waals surface area contributed by atoms with Crippen molar-refractivity contribution in [3.05, 3.63) is 33.1 Å². The van der Waals surface area contributed by atoms with Gasteiger partial charge < -0.3 is 0 Å². The Bertz CT molecular complexity index is 527. The Morgan fingerprint density at radius 2 is 2.29 bits per heavy atom. The summed E-state index contributed by atoms with van der Waals surface area (Å²) < 4.78 is 2.12. The average Bonchev–Trinajstić information content (AvgIpc) is 2.63. The molecule has 2 aromatic rings. The van der Waals surface area contributed by atoms with Gasteiger partial charge in [0.1, 0.15) is 6.07 Å². The Balaban J connectivity index is 2.90. The van der Waals surface area contributed by atoms with Crippen LogP contribution >= 0.6 is 38.9 Å². The highest BCUT2D eigenvalue weighted by atomic mass is 79.9. The minimum absolute atomic E-state index is 0.440. The number of rotatable bonds is 1. The number of hydrogen-bond donors (Lipinski definition) is 0. The van der Waals surface area contributed by atoms with Crippen molar-refractivity contribution in [2.75, 3.05) is 0 Å². The molecule has 0 spiro atoms. The minimum atomic E-state index is 0.440. The topological polar surface area (TPSA) is 23.8 Å². The standard InChI is InChI=1S/C10H5BrClNS/c11-8-2-1-6(3-12)9-7(4-13)5-14-10(8)9/h1-2,5H,3H2. The number of hydrogen-bond acceptors (Lipinski definition) is 2. The summed E-state index contributed by atoms with van der Waals surface area (Å²) in [7, 11) is 0. The number of nitrogens with zero attached hydrogens (tertiary/aromatic N) is 1. The second-order valence-electron chi connectivity index (χ2n) is 2.81. The van der Waals surface area contributed by atoms with Gasteiger partial charge in [0.15, 0.2) is 0 Å². The van der Waals surface area contributed by atoms with Crippen LogP contribution in [0.3, 0.4) is 0 Å². The second-order valence-corrected chi connectivity index (χ2v) is 4.81. The Labute approximate surface area is 99.0 Å². The second kappa shape index (κ2) is 3.90. The third kappa shape index (κ3) is 1.44. The van der Waals surface area contributed by atoms with E-state index in [-0.39, 0.29) is 0 Å². The molecule has 0 aliphatic carbocycles. The van der Waals surface area contributed by atoms with E-state index in [0.29, 0.717) is 11.4 Å². The van der Waals surface area contributed by atoms with Gasteiger partial charge >= 0.3 is 0 Å². The van der Waals surface area contributed by atoms with Crippen molar-refractivity contribution in [2.45, 2.75) is 5.88 Å². The highest BCUT2D eigenvalue weighted by Crippen LogP contribution is 2.35. The molecule has 1 aromatic carbocycles. The lowest BCUT2D eigenvalue weighted by atomic mass is 10.1. The van der Waals surface area contributed by atoms with Crippen molar-refractivity contribution >= 4 is 49.0 Å². The van der Waals surface area contributed by atoms with Gasteiger partial charge in [0, 0.05) is 21.1 Å². The maximum absolute atomic E-state index is 8.93. The molecule has 0 atom stereocenters. The highest BCUT2D eigenvalue weighted by Gasteiger charge is 2.10. The Hall–Kier alpha value is -0.560. The van der Waals surface area contributed by atoms with Crippen LogP contribution in [-0.4, -0.2) is 0 Å². The SMILES string of the molecule is N#Cc1csc2c(Br)ccc(CCl)c12. The average molecular weight is 287 g/mol. The molecule has 4 heteroatoms. The predicted octanol–water partition coefficient (Wildman–Crippen LogP) is 4.27. The number of benzene rings is 1. The molecule has 0 aliphatic heterocycles. The van der Waals surface area contributed by atoms with Crippen molar-refractivity contribution in [3.8, 4) is 6.07 Å². The zero-order valence-electron chi connectivity index (χ0n) is 7.05. The molecular weight excluding hydrogens is 282 g/mol. The van der Waals surface area contributed by atoms with Gasteiger partial charge in [-0.05, 0) is 27.6 Å². The van der Waals surface area contributed by atoms with Crippen molar-refractivity contribution in [2.24, 2.45) is 0 Å². The lowest BCUT2D eigenvalue weighted by molar-refractivity contribution is 1.44. The van der Waals surface area contributed by atoms with Crippen LogP contribution in [0.25, 0.3) is 10.1 Å². The first-order valence-corrected chi connectivity index (χ1v) is 6.13. The fourth-order valence-electron chi connectivity index (χ4n) is 1.38. The molecule has 0 amide bonds. The first-order valence-electron chi connectivity index (χ1n) is 3.92. The molecule has 1 heterocycles. The fourth-order valence-corrected chi connectivity index (χ4v) is 3.16. The molecule has 0 saturated carbocycles. The lowest BCUT2D eigenvalue weighted by Gasteiger charge is -2.00. The summed E-state index contributed by atoms with van der Waals surface area (Å²) in [5.41, 5.74) is 1.73. The summed E-state index contributed by atoms with van der Waals surface area (Å²) in [5, 5.41) is 11.8. The maximum Gasteiger partial charge on any atom is 0.101 e. The van der Waals surface area contributed by atoms with Crippen LogP contribution in [-0.2, 0) is 5.88 Å². The van der Waals surface area contributed by atoms with Crippen LogP contribution in [0.15, 0.2) is 22.0 Å². The molecule has 70 valence electrons. The Kier molecular flexibility index (Phi) is 2.78. The van der Waals surface area contributed by atoms with Gasteiger partial charge in [-0.15, -0.1) is 22.9 Å². The fraction of sp³-hybridized carbons (Fsp3) is 0.100. The van der Waals surface area contributed by atoms with Crippen LogP contribution in [0.2, 0.25) is 0 Å². The normalized spacial score (nSPS) is 10.4. The van der Waals surface area contributed by atoms with Gasteiger partial charge in [-0.1, -0.05) is 6.07 Å². The first kappa shape index (κ1) is 9.97. The van der Waals surface area contributed by atoms with Crippen LogP contribution < -0.4 is 0 Å².